The van der Waals surface area contributed by atoms with E-state index in [1.54, 1.807) is 0 Å². The monoisotopic (exact) mass is 714 g/mol. The second-order valence-electron chi connectivity index (χ2n) is 20.5. The Balaban J connectivity index is 1.27. The normalized spacial score (nSPS) is 38.0. The van der Waals surface area contributed by atoms with E-state index in [1.807, 2.05) is 40.0 Å². The quantitative estimate of drug-likeness (QED) is 0.193. The molecule has 1 aromatic rings. The van der Waals surface area contributed by atoms with Crippen molar-refractivity contribution in [3.63, 3.8) is 0 Å². The first-order valence-corrected chi connectivity index (χ1v) is 20.8. The molecular weight excluding hydrogens is 643 g/mol. The van der Waals surface area contributed by atoms with Crippen LogP contribution in [-0.2, 0) is 9.53 Å². The highest BCUT2D eigenvalue weighted by molar-refractivity contribution is 5.90. The third-order valence-electron chi connectivity index (χ3n) is 16.5. The van der Waals surface area contributed by atoms with E-state index in [2.05, 4.69) is 71.2 Å². The molecule has 0 radical (unpaired) electrons. The Morgan fingerprint density at radius 3 is 2.23 bits per heavy atom. The first kappa shape index (κ1) is 39.5. The highest BCUT2D eigenvalue weighted by Crippen LogP contribution is 2.78. The maximum atomic E-state index is 14.5. The van der Waals surface area contributed by atoms with Gasteiger partial charge in [0.05, 0.1) is 12.2 Å². The molecule has 0 amide bonds. The largest absolute Gasteiger partial charge is 0.456 e. The van der Waals surface area contributed by atoms with Crippen molar-refractivity contribution in [1.29, 1.82) is 0 Å². The lowest BCUT2D eigenvalue weighted by Crippen LogP contribution is -2.65. The number of benzene rings is 1. The fraction of sp³-hybridized carbons (Fsp3) is 0.745. The van der Waals surface area contributed by atoms with E-state index in [0.717, 1.165) is 45.1 Å². The molecule has 5 nitrogen and oxygen atoms in total. The number of esters is 1. The van der Waals surface area contributed by atoms with Gasteiger partial charge in [0, 0.05) is 18.4 Å². The lowest BCUT2D eigenvalue weighted by molar-refractivity contribution is -0.224. The number of hydrogen-bond donors (Lipinski definition) is 1. The first-order chi connectivity index (χ1) is 24.2. The number of carbonyl (C=O) groups excluding carboxylic acids is 2. The Kier molecular flexibility index (Phi) is 10.5. The number of nitrogens with zero attached hydrogens (tertiary/aromatic N) is 1. The van der Waals surface area contributed by atoms with Gasteiger partial charge in [-0.15, -0.1) is 0 Å². The molecular formula is C47H71NO4. The van der Waals surface area contributed by atoms with E-state index in [0.29, 0.717) is 53.9 Å². The molecule has 0 saturated heterocycles. The van der Waals surface area contributed by atoms with Gasteiger partial charge in [-0.2, -0.15) is 0 Å². The number of aliphatic hydroxyl groups is 1. The molecule has 1 aromatic carbocycles. The van der Waals surface area contributed by atoms with Crippen LogP contribution >= 0.6 is 0 Å². The summed E-state index contributed by atoms with van der Waals surface area (Å²) >= 11 is 0. The van der Waals surface area contributed by atoms with Crippen molar-refractivity contribution in [2.45, 2.75) is 139 Å². The Morgan fingerprint density at radius 1 is 0.904 bits per heavy atom. The van der Waals surface area contributed by atoms with Crippen molar-refractivity contribution >= 4 is 17.3 Å². The number of ketones is 1. The van der Waals surface area contributed by atoms with E-state index in [1.165, 1.54) is 42.4 Å². The molecule has 0 heterocycles. The molecule has 5 aliphatic carbocycles. The smallest absolute Gasteiger partial charge is 0.338 e. The molecule has 4 saturated carbocycles. The molecule has 0 aliphatic heterocycles. The zero-order chi connectivity index (χ0) is 38.1. The molecule has 0 spiro atoms. The molecule has 5 heteroatoms. The van der Waals surface area contributed by atoms with Crippen molar-refractivity contribution in [2.75, 3.05) is 26.7 Å². The molecule has 52 heavy (non-hydrogen) atoms. The highest BCUT2D eigenvalue weighted by Gasteiger charge is 2.71. The van der Waals surface area contributed by atoms with Gasteiger partial charge >= 0.3 is 5.97 Å². The molecule has 4 fully saturated rings. The van der Waals surface area contributed by atoms with Crippen molar-refractivity contribution in [3.8, 4) is 0 Å². The van der Waals surface area contributed by atoms with Crippen LogP contribution in [0.1, 0.15) is 149 Å². The third-order valence-corrected chi connectivity index (χ3v) is 16.5. The summed E-state index contributed by atoms with van der Waals surface area (Å²) in [4.78, 5) is 29.4. The first-order valence-electron chi connectivity index (χ1n) is 20.8. The molecule has 288 valence electrons. The van der Waals surface area contributed by atoms with Gasteiger partial charge in [0.1, 0.15) is 11.4 Å². The lowest BCUT2D eigenvalue weighted by Gasteiger charge is -2.72. The number of fused-ring (bicyclic) bond motifs is 7. The molecule has 0 bridgehead atoms. The number of Topliss-reactive ketones (excluding diaryl/α,β-unsaturated/α-hetero) is 1. The van der Waals surface area contributed by atoms with Crippen LogP contribution in [-0.4, -0.2) is 54.1 Å². The summed E-state index contributed by atoms with van der Waals surface area (Å²) in [5.41, 5.74) is 4.48. The topological polar surface area (TPSA) is 66.8 Å². The summed E-state index contributed by atoms with van der Waals surface area (Å²) in [6, 6.07) is 8.16. The van der Waals surface area contributed by atoms with E-state index in [4.69, 9.17) is 4.74 Å². The number of rotatable bonds is 10. The summed E-state index contributed by atoms with van der Waals surface area (Å²) in [6.45, 7) is 27.2. The van der Waals surface area contributed by atoms with Crippen molar-refractivity contribution < 1.29 is 19.4 Å². The zero-order valence-electron chi connectivity index (χ0n) is 34.5. The molecule has 6 rings (SSSR count). The number of ether oxygens (including phenoxy) is 1. The fourth-order valence-electron chi connectivity index (χ4n) is 13.9. The van der Waals surface area contributed by atoms with Crippen LogP contribution in [0.2, 0.25) is 0 Å². The third kappa shape index (κ3) is 6.30. The number of aliphatic hydroxyl groups excluding tert-OH is 1. The minimum atomic E-state index is -0.514. The van der Waals surface area contributed by atoms with Gasteiger partial charge in [0.25, 0.3) is 0 Å². The van der Waals surface area contributed by atoms with E-state index in [-0.39, 0.29) is 39.7 Å². The summed E-state index contributed by atoms with van der Waals surface area (Å²) in [5, 5.41) is 9.37. The molecule has 1 N–H and O–H groups in total. The average molecular weight is 714 g/mol. The summed E-state index contributed by atoms with van der Waals surface area (Å²) in [6.07, 6.45) is 14.5. The lowest BCUT2D eigenvalue weighted by atomic mass is 9.32. The van der Waals surface area contributed by atoms with Crippen LogP contribution < -0.4 is 0 Å². The second-order valence-corrected chi connectivity index (χ2v) is 20.5. The molecule has 5 aliphatic rings. The molecule has 9 atom stereocenters. The van der Waals surface area contributed by atoms with Crippen molar-refractivity contribution in [2.24, 2.45) is 56.7 Å². The zero-order valence-corrected chi connectivity index (χ0v) is 34.5. The predicted molar refractivity (Wildman–Crippen MR) is 213 cm³/mol. The maximum Gasteiger partial charge on any atom is 0.338 e. The Hall–Kier alpha value is -2.24. The van der Waals surface area contributed by atoms with Crippen molar-refractivity contribution in [1.82, 2.24) is 4.90 Å². The van der Waals surface area contributed by atoms with E-state index >= 15 is 0 Å². The van der Waals surface area contributed by atoms with Crippen LogP contribution in [0, 0.1) is 56.7 Å². The van der Waals surface area contributed by atoms with Gasteiger partial charge in [-0.1, -0.05) is 65.0 Å². The van der Waals surface area contributed by atoms with Gasteiger partial charge in [0.2, 0.25) is 0 Å². The van der Waals surface area contributed by atoms with Gasteiger partial charge < -0.3 is 14.7 Å². The molecule has 0 aromatic heterocycles. The Morgan fingerprint density at radius 2 is 1.60 bits per heavy atom. The molecule has 0 unspecified atom stereocenters. The van der Waals surface area contributed by atoms with Gasteiger partial charge in [-0.3, -0.25) is 4.79 Å². The average Bonchev–Trinajstić information content (AvgIpc) is 3.46. The van der Waals surface area contributed by atoms with Gasteiger partial charge in [-0.25, -0.2) is 4.79 Å². The van der Waals surface area contributed by atoms with Crippen LogP contribution in [0.4, 0.5) is 0 Å². The Labute approximate surface area is 316 Å². The van der Waals surface area contributed by atoms with E-state index < -0.39 is 5.60 Å². The highest BCUT2D eigenvalue weighted by atomic mass is 16.6. The van der Waals surface area contributed by atoms with Crippen LogP contribution in [0.15, 0.2) is 42.5 Å². The maximum absolute atomic E-state index is 14.5. The van der Waals surface area contributed by atoms with Crippen LogP contribution in [0.25, 0.3) is 5.57 Å². The van der Waals surface area contributed by atoms with Gasteiger partial charge in [-0.05, 0) is 180 Å². The van der Waals surface area contributed by atoms with Crippen LogP contribution in [0.5, 0.6) is 0 Å². The summed E-state index contributed by atoms with van der Waals surface area (Å²) < 4.78 is 5.64. The minimum absolute atomic E-state index is 0.00933. The second kappa shape index (κ2) is 13.8. The summed E-state index contributed by atoms with van der Waals surface area (Å²) in [7, 11) is 2.05. The predicted octanol–water partition coefficient (Wildman–Crippen LogP) is 10.6. The SMILES string of the molecule is C=C(C)[C@@H]1CC[C@]2(C(=O)CCCN(C)CCO)CC[C@]3(C)[C@H](CC[C@@H]4[C@@]5(C)CC=C(c6ccc(C(=O)OC(C)(C)C)cc6)C(C)(C)[C@@H]5CC[C@]43C)[C@@H]12. The minimum Gasteiger partial charge on any atom is -0.456 e. The summed E-state index contributed by atoms with van der Waals surface area (Å²) in [5.74, 6) is 2.88. The van der Waals surface area contributed by atoms with E-state index in [9.17, 15) is 14.7 Å². The van der Waals surface area contributed by atoms with Gasteiger partial charge in [0.15, 0.2) is 0 Å². The van der Waals surface area contributed by atoms with Crippen LogP contribution in [0.3, 0.4) is 0 Å². The number of likely N-dealkylation sites (N-methyl/N-ethyl adjacent to an activating group) is 1. The number of carbonyl (C=O) groups is 2. The standard InChI is InChI=1S/C47H71NO4/c1-31(2)34-20-25-47(39(50)13-12-28-48(11)29-30-49)27-26-45(9)36(40(34)47)18-19-38-44(8)23-21-35(43(6,7)37(44)22-24-46(38,45)10)32-14-16-33(17-15-32)41(51)52-42(3,4)5/h14-17,21,34,36-38,40,49H,1,12-13,18-20,22-30H2,2-11H3/t34-,36+,37-,38+,40+,44-,45+,46+,47+/m0/s1. The number of allylic oxidation sites excluding steroid dienone is 3. The number of hydrogen-bond acceptors (Lipinski definition) is 5. The Bertz CT molecular complexity index is 1570. The van der Waals surface area contributed by atoms with Crippen molar-refractivity contribution in [3.05, 3.63) is 53.6 Å². The fourth-order valence-corrected chi connectivity index (χ4v) is 13.9.